The number of hydrogen-bond acceptors (Lipinski definition) is 1. The second-order valence-electron chi connectivity index (χ2n) is 5.50. The minimum Gasteiger partial charge on any atom is -0.306 e. The molecule has 0 aliphatic rings. The Balaban J connectivity index is 2.12. The van der Waals surface area contributed by atoms with Crippen LogP contribution in [0.4, 0.5) is 0 Å². The highest BCUT2D eigenvalue weighted by molar-refractivity contribution is 9.10. The monoisotopic (exact) mass is 331 g/mol. The molecule has 2 aromatic rings. The fraction of sp³-hybridized carbons (Fsp3) is 0.333. The van der Waals surface area contributed by atoms with Crippen molar-refractivity contribution in [2.24, 2.45) is 0 Å². The molecule has 20 heavy (non-hydrogen) atoms. The van der Waals surface area contributed by atoms with Gasteiger partial charge in [0, 0.05) is 17.1 Å². The van der Waals surface area contributed by atoms with Gasteiger partial charge in [-0.3, -0.25) is 0 Å². The van der Waals surface area contributed by atoms with Crippen LogP contribution in [0.5, 0.6) is 0 Å². The van der Waals surface area contributed by atoms with E-state index in [2.05, 4.69) is 85.3 Å². The van der Waals surface area contributed by atoms with Crippen LogP contribution >= 0.6 is 15.9 Å². The van der Waals surface area contributed by atoms with Gasteiger partial charge in [-0.2, -0.15) is 0 Å². The van der Waals surface area contributed by atoms with Crippen molar-refractivity contribution >= 4 is 15.9 Å². The summed E-state index contributed by atoms with van der Waals surface area (Å²) >= 11 is 3.62. The molecule has 2 heteroatoms. The fourth-order valence-electron chi connectivity index (χ4n) is 2.68. The third kappa shape index (κ3) is 3.50. The summed E-state index contributed by atoms with van der Waals surface area (Å²) in [7, 11) is 0. The van der Waals surface area contributed by atoms with E-state index in [1.165, 1.54) is 27.8 Å². The first-order valence-electron chi connectivity index (χ1n) is 7.03. The van der Waals surface area contributed by atoms with Gasteiger partial charge in [-0.1, -0.05) is 51.8 Å². The zero-order valence-electron chi connectivity index (χ0n) is 12.6. The molecule has 106 valence electrons. The van der Waals surface area contributed by atoms with E-state index in [0.717, 1.165) is 11.0 Å². The van der Waals surface area contributed by atoms with Crippen molar-refractivity contribution in [2.75, 3.05) is 0 Å². The molecule has 1 atom stereocenters. The third-order valence-electron chi connectivity index (χ3n) is 3.80. The molecule has 0 aliphatic carbocycles. The fourth-order valence-corrected chi connectivity index (χ4v) is 3.31. The molecular weight excluding hydrogens is 310 g/mol. The highest BCUT2D eigenvalue weighted by atomic mass is 79.9. The van der Waals surface area contributed by atoms with Crippen LogP contribution in [0, 0.1) is 20.8 Å². The molecule has 0 bridgehead atoms. The number of rotatable bonds is 4. The molecule has 0 saturated heterocycles. The van der Waals surface area contributed by atoms with E-state index in [0.29, 0.717) is 6.04 Å². The maximum Gasteiger partial charge on any atom is 0.0306 e. The van der Waals surface area contributed by atoms with E-state index in [1.807, 2.05) is 0 Å². The summed E-state index contributed by atoms with van der Waals surface area (Å²) in [5, 5.41) is 3.63. The number of halogens is 1. The summed E-state index contributed by atoms with van der Waals surface area (Å²) in [4.78, 5) is 0. The van der Waals surface area contributed by atoms with Gasteiger partial charge in [-0.05, 0) is 56.0 Å². The molecule has 0 fully saturated rings. The van der Waals surface area contributed by atoms with Gasteiger partial charge in [-0.25, -0.2) is 0 Å². The maximum atomic E-state index is 3.63. The highest BCUT2D eigenvalue weighted by Gasteiger charge is 2.10. The lowest BCUT2D eigenvalue weighted by Gasteiger charge is -2.18. The first kappa shape index (κ1) is 15.3. The summed E-state index contributed by atoms with van der Waals surface area (Å²) in [6, 6.07) is 13.2. The van der Waals surface area contributed by atoms with Gasteiger partial charge >= 0.3 is 0 Å². The van der Waals surface area contributed by atoms with Crippen molar-refractivity contribution in [3.63, 3.8) is 0 Å². The summed E-state index contributed by atoms with van der Waals surface area (Å²) in [6.45, 7) is 9.65. The van der Waals surface area contributed by atoms with Gasteiger partial charge in [-0.15, -0.1) is 0 Å². The minimum absolute atomic E-state index is 0.325. The van der Waals surface area contributed by atoms with Crippen LogP contribution in [0.2, 0.25) is 0 Å². The van der Waals surface area contributed by atoms with Crippen molar-refractivity contribution in [3.8, 4) is 0 Å². The Morgan fingerprint density at radius 1 is 1.05 bits per heavy atom. The quantitative estimate of drug-likeness (QED) is 0.809. The van der Waals surface area contributed by atoms with Crippen LogP contribution in [-0.2, 0) is 6.54 Å². The van der Waals surface area contributed by atoms with Crippen LogP contribution in [0.1, 0.15) is 40.8 Å². The largest absolute Gasteiger partial charge is 0.306 e. The van der Waals surface area contributed by atoms with Crippen LogP contribution in [0.25, 0.3) is 0 Å². The predicted molar refractivity (Wildman–Crippen MR) is 90.0 cm³/mol. The van der Waals surface area contributed by atoms with Gasteiger partial charge in [0.05, 0.1) is 0 Å². The first-order valence-corrected chi connectivity index (χ1v) is 7.83. The Kier molecular flexibility index (Phi) is 5.00. The average Bonchev–Trinajstić information content (AvgIpc) is 2.37. The molecule has 1 nitrogen and oxygen atoms in total. The lowest BCUT2D eigenvalue weighted by molar-refractivity contribution is 0.570. The van der Waals surface area contributed by atoms with E-state index in [4.69, 9.17) is 0 Å². The molecule has 1 unspecified atom stereocenters. The van der Waals surface area contributed by atoms with Crippen LogP contribution in [0.15, 0.2) is 40.9 Å². The van der Waals surface area contributed by atoms with Crippen LogP contribution in [0.3, 0.4) is 0 Å². The van der Waals surface area contributed by atoms with Crippen LogP contribution < -0.4 is 5.32 Å². The number of aryl methyl sites for hydroxylation is 3. The normalized spacial score (nSPS) is 12.4. The van der Waals surface area contributed by atoms with Crippen LogP contribution in [-0.4, -0.2) is 0 Å². The topological polar surface area (TPSA) is 12.0 Å². The average molecular weight is 332 g/mol. The molecule has 0 aromatic heterocycles. The third-order valence-corrected chi connectivity index (χ3v) is 4.52. The smallest absolute Gasteiger partial charge is 0.0306 e. The van der Waals surface area contributed by atoms with E-state index in [-0.39, 0.29) is 0 Å². The second-order valence-corrected chi connectivity index (χ2v) is 6.36. The molecule has 2 aromatic carbocycles. The Bertz CT molecular complexity index is 581. The molecule has 0 spiro atoms. The molecule has 2 rings (SSSR count). The standard InChI is InChI=1S/C18H22BrN/c1-12-9-13(2)17(14(3)10-12)11-20-15(4)16-7-5-6-8-18(16)19/h5-10,15,20H,11H2,1-4H3. The van der Waals surface area contributed by atoms with Crippen molar-refractivity contribution in [3.05, 3.63) is 68.7 Å². The zero-order valence-corrected chi connectivity index (χ0v) is 14.2. The van der Waals surface area contributed by atoms with Gasteiger partial charge in [0.15, 0.2) is 0 Å². The van der Waals surface area contributed by atoms with Crippen molar-refractivity contribution in [2.45, 2.75) is 40.3 Å². The van der Waals surface area contributed by atoms with Gasteiger partial charge in [0.1, 0.15) is 0 Å². The zero-order chi connectivity index (χ0) is 14.7. The van der Waals surface area contributed by atoms with Crippen molar-refractivity contribution in [1.29, 1.82) is 0 Å². The molecule has 0 amide bonds. The van der Waals surface area contributed by atoms with E-state index in [1.54, 1.807) is 0 Å². The van der Waals surface area contributed by atoms with Crippen molar-refractivity contribution < 1.29 is 0 Å². The van der Waals surface area contributed by atoms with Gasteiger partial charge in [0.2, 0.25) is 0 Å². The SMILES string of the molecule is Cc1cc(C)c(CNC(C)c2ccccc2Br)c(C)c1. The van der Waals surface area contributed by atoms with E-state index in [9.17, 15) is 0 Å². The minimum atomic E-state index is 0.325. The van der Waals surface area contributed by atoms with Gasteiger partial charge < -0.3 is 5.32 Å². The molecule has 0 radical (unpaired) electrons. The number of nitrogens with one attached hydrogen (secondary N) is 1. The Hall–Kier alpha value is -1.12. The molecule has 0 saturated carbocycles. The van der Waals surface area contributed by atoms with E-state index < -0.39 is 0 Å². The summed E-state index contributed by atoms with van der Waals surface area (Å²) in [5.41, 5.74) is 6.79. The molecule has 1 N–H and O–H groups in total. The molecule has 0 aliphatic heterocycles. The second kappa shape index (κ2) is 6.55. The molecule has 0 heterocycles. The highest BCUT2D eigenvalue weighted by Crippen LogP contribution is 2.24. The number of hydrogen-bond donors (Lipinski definition) is 1. The first-order chi connectivity index (χ1) is 9.49. The Morgan fingerprint density at radius 3 is 2.25 bits per heavy atom. The summed E-state index contributed by atoms with van der Waals surface area (Å²) < 4.78 is 1.16. The lowest BCUT2D eigenvalue weighted by atomic mass is 9.99. The van der Waals surface area contributed by atoms with E-state index >= 15 is 0 Å². The van der Waals surface area contributed by atoms with Gasteiger partial charge in [0.25, 0.3) is 0 Å². The maximum absolute atomic E-state index is 3.63. The Morgan fingerprint density at radius 2 is 1.65 bits per heavy atom. The summed E-state index contributed by atoms with van der Waals surface area (Å²) in [5.74, 6) is 0. The predicted octanol–water partition coefficient (Wildman–Crippen LogP) is 5.23. The Labute approximate surface area is 130 Å². The lowest BCUT2D eigenvalue weighted by Crippen LogP contribution is -2.19. The number of benzene rings is 2. The van der Waals surface area contributed by atoms with Crippen molar-refractivity contribution in [1.82, 2.24) is 5.32 Å². The summed E-state index contributed by atoms with van der Waals surface area (Å²) in [6.07, 6.45) is 0. The molecular formula is C18H22BrN.